The number of hydrogen-bond donors (Lipinski definition) is 2. The van der Waals surface area contributed by atoms with Crippen molar-refractivity contribution >= 4 is 11.8 Å². The van der Waals surface area contributed by atoms with Gasteiger partial charge < -0.3 is 20.5 Å². The lowest BCUT2D eigenvalue weighted by Gasteiger charge is -2.41. The number of nitrogen functional groups attached to an aromatic ring is 1. The van der Waals surface area contributed by atoms with Gasteiger partial charge >= 0.3 is 6.09 Å². The SMILES string of the molecule is C[C@@H]1C[C@H](c2ccncc2N)C[C@H](NC(=O)OC(C)(C)C)[C@@H]1OCCC#N. The average Bonchev–Trinajstić information content (AvgIpc) is 2.55. The lowest BCUT2D eigenvalue weighted by Crippen LogP contribution is -2.52. The molecule has 148 valence electrons. The molecule has 1 aromatic rings. The molecule has 7 heteroatoms. The van der Waals surface area contributed by atoms with E-state index in [2.05, 4.69) is 23.3 Å². The van der Waals surface area contributed by atoms with Crippen LogP contribution >= 0.6 is 0 Å². The summed E-state index contributed by atoms with van der Waals surface area (Å²) < 4.78 is 11.4. The van der Waals surface area contributed by atoms with Crippen LogP contribution in [0.1, 0.15) is 58.4 Å². The molecule has 1 aromatic heterocycles. The molecule has 0 spiro atoms. The molecule has 1 saturated carbocycles. The Morgan fingerprint density at radius 2 is 2.19 bits per heavy atom. The van der Waals surface area contributed by atoms with Crippen molar-refractivity contribution in [1.82, 2.24) is 10.3 Å². The summed E-state index contributed by atoms with van der Waals surface area (Å²) in [4.78, 5) is 16.4. The third-order valence-corrected chi connectivity index (χ3v) is 4.71. The Morgan fingerprint density at radius 3 is 2.81 bits per heavy atom. The van der Waals surface area contributed by atoms with Gasteiger partial charge in [-0.2, -0.15) is 5.26 Å². The van der Waals surface area contributed by atoms with Crippen LogP contribution in [0, 0.1) is 17.2 Å². The minimum absolute atomic E-state index is 0.176. The maximum Gasteiger partial charge on any atom is 0.407 e. The number of amides is 1. The Kier molecular flexibility index (Phi) is 7.03. The predicted octanol–water partition coefficient (Wildman–Crippen LogP) is 3.37. The third kappa shape index (κ3) is 6.10. The fraction of sp³-hybridized carbons (Fsp3) is 0.650. The number of nitrogens with zero attached hydrogens (tertiary/aromatic N) is 2. The van der Waals surface area contributed by atoms with E-state index < -0.39 is 11.7 Å². The first-order chi connectivity index (χ1) is 12.7. The van der Waals surface area contributed by atoms with Gasteiger partial charge in [-0.15, -0.1) is 0 Å². The molecule has 1 fully saturated rings. The Hall–Kier alpha value is -2.33. The molecule has 1 heterocycles. The van der Waals surface area contributed by atoms with Gasteiger partial charge in [0.2, 0.25) is 0 Å². The van der Waals surface area contributed by atoms with Crippen molar-refractivity contribution in [3.63, 3.8) is 0 Å². The summed E-state index contributed by atoms with van der Waals surface area (Å²) in [6.07, 6.45) is 4.66. The highest BCUT2D eigenvalue weighted by Crippen LogP contribution is 2.39. The lowest BCUT2D eigenvalue weighted by molar-refractivity contribution is -0.0326. The molecule has 0 aliphatic heterocycles. The molecule has 1 aliphatic rings. The zero-order valence-corrected chi connectivity index (χ0v) is 16.6. The summed E-state index contributed by atoms with van der Waals surface area (Å²) in [6.45, 7) is 7.94. The number of aromatic nitrogens is 1. The van der Waals surface area contributed by atoms with Crippen molar-refractivity contribution < 1.29 is 14.3 Å². The zero-order valence-electron chi connectivity index (χ0n) is 16.6. The van der Waals surface area contributed by atoms with Gasteiger partial charge in [0.05, 0.1) is 43.1 Å². The summed E-state index contributed by atoms with van der Waals surface area (Å²) in [5.74, 6) is 0.383. The number of nitrogens with one attached hydrogen (secondary N) is 1. The largest absolute Gasteiger partial charge is 0.444 e. The van der Waals surface area contributed by atoms with Crippen LogP contribution in [0.3, 0.4) is 0 Å². The van der Waals surface area contributed by atoms with Gasteiger partial charge in [-0.3, -0.25) is 4.98 Å². The van der Waals surface area contributed by atoms with Crippen LogP contribution in [0.15, 0.2) is 18.5 Å². The zero-order chi connectivity index (χ0) is 20.0. The van der Waals surface area contributed by atoms with E-state index >= 15 is 0 Å². The summed E-state index contributed by atoms with van der Waals surface area (Å²) in [5, 5.41) is 11.8. The monoisotopic (exact) mass is 374 g/mol. The standard InChI is InChI=1S/C20H30N4O3/c1-13-10-14(15-6-8-23-12-16(15)22)11-17(18(13)26-9-5-7-21)24-19(25)27-20(2,3)4/h6,8,12-14,17-18H,5,9-11,22H2,1-4H3,(H,24,25)/t13-,14+,17+,18-/m1/s1. The maximum atomic E-state index is 12.3. The van der Waals surface area contributed by atoms with E-state index in [-0.39, 0.29) is 24.0 Å². The molecule has 2 rings (SSSR count). The molecule has 0 radical (unpaired) electrons. The molecule has 1 amide bonds. The van der Waals surface area contributed by atoms with E-state index in [1.807, 2.05) is 26.8 Å². The van der Waals surface area contributed by atoms with Crippen LogP contribution in [-0.4, -0.2) is 35.4 Å². The van der Waals surface area contributed by atoms with Gasteiger partial charge in [0, 0.05) is 6.20 Å². The highest BCUT2D eigenvalue weighted by Gasteiger charge is 2.39. The van der Waals surface area contributed by atoms with Crippen LogP contribution in [0.25, 0.3) is 0 Å². The molecule has 0 aromatic carbocycles. The van der Waals surface area contributed by atoms with Crippen LogP contribution in [0.4, 0.5) is 10.5 Å². The minimum atomic E-state index is -0.573. The molecule has 27 heavy (non-hydrogen) atoms. The quantitative estimate of drug-likeness (QED) is 0.765. The van der Waals surface area contributed by atoms with Crippen molar-refractivity contribution in [3.05, 3.63) is 24.0 Å². The van der Waals surface area contributed by atoms with Crippen molar-refractivity contribution in [2.45, 2.75) is 70.6 Å². The number of carbonyl (C=O) groups is 1. The van der Waals surface area contributed by atoms with E-state index in [1.54, 1.807) is 12.4 Å². The highest BCUT2D eigenvalue weighted by atomic mass is 16.6. The van der Waals surface area contributed by atoms with Gasteiger partial charge in [0.25, 0.3) is 0 Å². The average molecular weight is 374 g/mol. The first kappa shape index (κ1) is 21.0. The normalized spacial score (nSPS) is 25.4. The fourth-order valence-electron chi connectivity index (χ4n) is 3.68. The van der Waals surface area contributed by atoms with Gasteiger partial charge in [-0.25, -0.2) is 4.79 Å². The topological polar surface area (TPSA) is 110 Å². The maximum absolute atomic E-state index is 12.3. The summed E-state index contributed by atoms with van der Waals surface area (Å²) in [6, 6.07) is 3.81. The van der Waals surface area contributed by atoms with Crippen molar-refractivity contribution in [2.75, 3.05) is 12.3 Å². The predicted molar refractivity (Wildman–Crippen MR) is 103 cm³/mol. The van der Waals surface area contributed by atoms with Gasteiger partial charge in [0.1, 0.15) is 5.60 Å². The number of alkyl carbamates (subject to hydrolysis) is 1. The van der Waals surface area contributed by atoms with E-state index in [1.165, 1.54) is 0 Å². The number of anilines is 1. The van der Waals surface area contributed by atoms with Crippen LogP contribution in [-0.2, 0) is 9.47 Å². The van der Waals surface area contributed by atoms with E-state index in [4.69, 9.17) is 20.5 Å². The summed E-state index contributed by atoms with van der Waals surface area (Å²) in [7, 11) is 0. The fourth-order valence-corrected chi connectivity index (χ4v) is 3.68. The number of nitriles is 1. The van der Waals surface area contributed by atoms with E-state index in [0.29, 0.717) is 25.1 Å². The van der Waals surface area contributed by atoms with Crippen LogP contribution < -0.4 is 11.1 Å². The molecule has 1 aliphatic carbocycles. The highest BCUT2D eigenvalue weighted by molar-refractivity contribution is 5.68. The van der Waals surface area contributed by atoms with Crippen molar-refractivity contribution in [3.8, 4) is 6.07 Å². The number of carbonyl (C=O) groups excluding carboxylic acids is 1. The van der Waals surface area contributed by atoms with Crippen LogP contribution in [0.2, 0.25) is 0 Å². The number of nitrogens with two attached hydrogens (primary N) is 1. The Bertz CT molecular complexity index is 681. The van der Waals surface area contributed by atoms with Gasteiger partial charge in [-0.05, 0) is 57.1 Å². The molecular weight excluding hydrogens is 344 g/mol. The number of pyridine rings is 1. The van der Waals surface area contributed by atoms with E-state index in [9.17, 15) is 4.79 Å². The molecule has 0 unspecified atom stereocenters. The van der Waals surface area contributed by atoms with Crippen LogP contribution in [0.5, 0.6) is 0 Å². The second-order valence-corrected chi connectivity index (χ2v) is 8.15. The van der Waals surface area contributed by atoms with Crippen molar-refractivity contribution in [2.24, 2.45) is 5.92 Å². The van der Waals surface area contributed by atoms with Gasteiger partial charge in [0.15, 0.2) is 0 Å². The summed E-state index contributed by atoms with van der Waals surface area (Å²) in [5.41, 5.74) is 7.25. The first-order valence-corrected chi connectivity index (χ1v) is 9.38. The number of ether oxygens (including phenoxy) is 2. The molecule has 4 atom stereocenters. The number of hydrogen-bond acceptors (Lipinski definition) is 6. The van der Waals surface area contributed by atoms with Gasteiger partial charge in [-0.1, -0.05) is 6.92 Å². The Balaban J connectivity index is 2.17. The minimum Gasteiger partial charge on any atom is -0.444 e. The first-order valence-electron chi connectivity index (χ1n) is 9.38. The Morgan fingerprint density at radius 1 is 1.44 bits per heavy atom. The summed E-state index contributed by atoms with van der Waals surface area (Å²) >= 11 is 0. The molecule has 0 bridgehead atoms. The molecular formula is C20H30N4O3. The Labute approximate surface area is 161 Å². The lowest BCUT2D eigenvalue weighted by atomic mass is 9.74. The molecule has 7 nitrogen and oxygen atoms in total. The molecule has 0 saturated heterocycles. The smallest absolute Gasteiger partial charge is 0.407 e. The van der Waals surface area contributed by atoms with Crippen molar-refractivity contribution in [1.29, 1.82) is 5.26 Å². The number of rotatable bonds is 5. The second kappa shape index (κ2) is 9.05. The van der Waals surface area contributed by atoms with E-state index in [0.717, 1.165) is 12.0 Å². The third-order valence-electron chi connectivity index (χ3n) is 4.71. The second-order valence-electron chi connectivity index (χ2n) is 8.15. The molecule has 3 N–H and O–H groups in total.